The Hall–Kier alpha value is -3.75. The van der Waals surface area contributed by atoms with Crippen LogP contribution < -0.4 is 16.8 Å². The van der Waals surface area contributed by atoms with Gasteiger partial charge in [-0.15, -0.1) is 0 Å². The van der Waals surface area contributed by atoms with Crippen molar-refractivity contribution < 1.29 is 19.1 Å². The summed E-state index contributed by atoms with van der Waals surface area (Å²) in [5.41, 5.74) is 12.7. The van der Waals surface area contributed by atoms with Crippen LogP contribution in [0.4, 0.5) is 0 Å². The first-order valence-electron chi connectivity index (χ1n) is 12.3. The Morgan fingerprint density at radius 2 is 1.57 bits per heavy atom. The standard InChI is InChI=1S/C29H36N4O4/c1-29(2,31)19-37-18-26(34)33(3)25(17-21-13-14-22-11-7-8-12-23(22)15-21)28(36)32-24(27(30)35)16-20-9-5-4-6-10-20/h4-15,24-25H,16-19,31H2,1-3H3,(H2,30,35)(H,32,36)/t24-,25-/m1/s1. The second kappa shape index (κ2) is 12.5. The maximum Gasteiger partial charge on any atom is 0.249 e. The number of ether oxygens (including phenoxy) is 1. The van der Waals surface area contributed by atoms with E-state index in [1.165, 1.54) is 4.90 Å². The highest BCUT2D eigenvalue weighted by Gasteiger charge is 2.30. The van der Waals surface area contributed by atoms with Gasteiger partial charge in [0.15, 0.2) is 0 Å². The van der Waals surface area contributed by atoms with Crippen LogP contribution in [0.25, 0.3) is 10.8 Å². The summed E-state index contributed by atoms with van der Waals surface area (Å²) in [6.45, 7) is 3.57. The summed E-state index contributed by atoms with van der Waals surface area (Å²) in [6.07, 6.45) is 0.495. The smallest absolute Gasteiger partial charge is 0.249 e. The summed E-state index contributed by atoms with van der Waals surface area (Å²) in [5, 5.41) is 4.87. The molecule has 8 heteroatoms. The highest BCUT2D eigenvalue weighted by Crippen LogP contribution is 2.18. The van der Waals surface area contributed by atoms with Gasteiger partial charge >= 0.3 is 0 Å². The van der Waals surface area contributed by atoms with Crippen LogP contribution in [0.5, 0.6) is 0 Å². The molecule has 0 aliphatic carbocycles. The SMILES string of the molecule is CN(C(=O)COCC(C)(C)N)[C@H](Cc1ccc2ccccc2c1)C(=O)N[C@H](Cc1ccccc1)C(N)=O. The molecule has 0 aliphatic heterocycles. The summed E-state index contributed by atoms with van der Waals surface area (Å²) in [7, 11) is 1.56. The van der Waals surface area contributed by atoms with Crippen LogP contribution >= 0.6 is 0 Å². The van der Waals surface area contributed by atoms with E-state index in [2.05, 4.69) is 5.32 Å². The number of likely N-dealkylation sites (N-methyl/N-ethyl adjacent to an activating group) is 1. The van der Waals surface area contributed by atoms with Crippen LogP contribution in [0.15, 0.2) is 72.8 Å². The fourth-order valence-corrected chi connectivity index (χ4v) is 4.01. The first kappa shape index (κ1) is 27.8. The molecule has 0 heterocycles. The van der Waals surface area contributed by atoms with Gasteiger partial charge in [-0.2, -0.15) is 0 Å². The third-order valence-electron chi connectivity index (χ3n) is 6.05. The number of rotatable bonds is 12. The van der Waals surface area contributed by atoms with E-state index < -0.39 is 29.4 Å². The van der Waals surface area contributed by atoms with Crippen molar-refractivity contribution in [3.05, 3.63) is 83.9 Å². The van der Waals surface area contributed by atoms with E-state index in [0.717, 1.165) is 21.9 Å². The average Bonchev–Trinajstić information content (AvgIpc) is 2.86. The lowest BCUT2D eigenvalue weighted by Crippen LogP contribution is -2.55. The lowest BCUT2D eigenvalue weighted by molar-refractivity contribution is -0.143. The third-order valence-corrected chi connectivity index (χ3v) is 6.05. The van der Waals surface area contributed by atoms with Crippen molar-refractivity contribution in [2.24, 2.45) is 11.5 Å². The highest BCUT2D eigenvalue weighted by atomic mass is 16.5. The second-order valence-corrected chi connectivity index (χ2v) is 10.0. The van der Waals surface area contributed by atoms with Gasteiger partial charge in [-0.1, -0.05) is 72.8 Å². The molecule has 0 saturated heterocycles. The number of nitrogens with two attached hydrogens (primary N) is 2. The van der Waals surface area contributed by atoms with Crippen molar-refractivity contribution in [2.75, 3.05) is 20.3 Å². The Morgan fingerprint density at radius 1 is 0.919 bits per heavy atom. The number of fused-ring (bicyclic) bond motifs is 1. The predicted molar refractivity (Wildman–Crippen MR) is 145 cm³/mol. The van der Waals surface area contributed by atoms with E-state index in [0.29, 0.717) is 0 Å². The number of carbonyl (C=O) groups excluding carboxylic acids is 3. The zero-order valence-electron chi connectivity index (χ0n) is 21.6. The minimum atomic E-state index is -0.924. The van der Waals surface area contributed by atoms with Crippen molar-refractivity contribution in [1.29, 1.82) is 0 Å². The normalized spacial score (nSPS) is 13.1. The van der Waals surface area contributed by atoms with E-state index in [4.69, 9.17) is 16.2 Å². The number of carbonyl (C=O) groups is 3. The Bertz CT molecular complexity index is 1220. The van der Waals surface area contributed by atoms with Crippen LogP contribution in [-0.2, 0) is 32.0 Å². The van der Waals surface area contributed by atoms with Crippen LogP contribution in [0.1, 0.15) is 25.0 Å². The van der Waals surface area contributed by atoms with Gasteiger partial charge in [0.2, 0.25) is 17.7 Å². The summed E-state index contributed by atoms with van der Waals surface area (Å²) in [6, 6.07) is 21.3. The third kappa shape index (κ3) is 8.41. The molecule has 3 rings (SSSR count). The van der Waals surface area contributed by atoms with Crippen molar-refractivity contribution in [2.45, 2.75) is 44.3 Å². The maximum absolute atomic E-state index is 13.5. The molecule has 2 atom stereocenters. The maximum atomic E-state index is 13.5. The minimum absolute atomic E-state index is 0.189. The largest absolute Gasteiger partial charge is 0.370 e. The van der Waals surface area contributed by atoms with E-state index in [1.54, 1.807) is 20.9 Å². The zero-order valence-corrected chi connectivity index (χ0v) is 21.6. The molecule has 0 bridgehead atoms. The van der Waals surface area contributed by atoms with E-state index >= 15 is 0 Å². The van der Waals surface area contributed by atoms with Crippen LogP contribution in [0.3, 0.4) is 0 Å². The number of hydrogen-bond donors (Lipinski definition) is 3. The van der Waals surface area contributed by atoms with Crippen LogP contribution in [-0.4, -0.2) is 60.5 Å². The number of benzene rings is 3. The number of nitrogens with zero attached hydrogens (tertiary/aromatic N) is 1. The molecule has 0 unspecified atom stereocenters. The molecule has 0 fully saturated rings. The molecular formula is C29H36N4O4. The predicted octanol–water partition coefficient (Wildman–Crippen LogP) is 2.18. The number of nitrogens with one attached hydrogen (secondary N) is 1. The summed E-state index contributed by atoms with van der Waals surface area (Å²) < 4.78 is 5.50. The molecule has 0 radical (unpaired) electrons. The van der Waals surface area contributed by atoms with Crippen LogP contribution in [0, 0.1) is 0 Å². The molecule has 8 nitrogen and oxygen atoms in total. The van der Waals surface area contributed by atoms with Gasteiger partial charge in [0.25, 0.3) is 0 Å². The molecule has 3 aromatic carbocycles. The molecule has 37 heavy (non-hydrogen) atoms. The minimum Gasteiger partial charge on any atom is -0.370 e. The molecule has 3 amide bonds. The summed E-state index contributed by atoms with van der Waals surface area (Å²) in [5.74, 6) is -1.49. The van der Waals surface area contributed by atoms with Gasteiger partial charge in [-0.05, 0) is 35.7 Å². The van der Waals surface area contributed by atoms with Gasteiger partial charge in [0, 0.05) is 25.4 Å². The fraction of sp³-hybridized carbons (Fsp3) is 0.345. The van der Waals surface area contributed by atoms with E-state index in [-0.39, 0.29) is 32.0 Å². The molecule has 0 aromatic heterocycles. The topological polar surface area (TPSA) is 128 Å². The first-order valence-corrected chi connectivity index (χ1v) is 12.3. The molecule has 0 saturated carbocycles. The number of hydrogen-bond acceptors (Lipinski definition) is 5. The Kier molecular flexibility index (Phi) is 9.38. The van der Waals surface area contributed by atoms with Gasteiger partial charge in [0.05, 0.1) is 6.61 Å². The van der Waals surface area contributed by atoms with Crippen molar-refractivity contribution in [1.82, 2.24) is 10.2 Å². The van der Waals surface area contributed by atoms with Gasteiger partial charge in [0.1, 0.15) is 18.7 Å². The molecule has 196 valence electrons. The van der Waals surface area contributed by atoms with Crippen molar-refractivity contribution in [3.63, 3.8) is 0 Å². The van der Waals surface area contributed by atoms with Gasteiger partial charge in [-0.25, -0.2) is 0 Å². The van der Waals surface area contributed by atoms with Crippen molar-refractivity contribution >= 4 is 28.5 Å². The molecule has 5 N–H and O–H groups in total. The number of primary amides is 1. The number of amides is 3. The molecule has 3 aromatic rings. The zero-order chi connectivity index (χ0) is 27.0. The quantitative estimate of drug-likeness (QED) is 0.348. The van der Waals surface area contributed by atoms with Gasteiger partial charge < -0.3 is 26.4 Å². The Labute approximate surface area is 218 Å². The monoisotopic (exact) mass is 504 g/mol. The summed E-state index contributed by atoms with van der Waals surface area (Å²) >= 11 is 0. The molecule has 0 spiro atoms. The fourth-order valence-electron chi connectivity index (χ4n) is 4.01. The Morgan fingerprint density at radius 3 is 2.22 bits per heavy atom. The highest BCUT2D eigenvalue weighted by molar-refractivity contribution is 5.92. The Balaban J connectivity index is 1.81. The lowest BCUT2D eigenvalue weighted by atomic mass is 9.99. The van der Waals surface area contributed by atoms with Crippen LogP contribution in [0.2, 0.25) is 0 Å². The van der Waals surface area contributed by atoms with Gasteiger partial charge in [-0.3, -0.25) is 14.4 Å². The van der Waals surface area contributed by atoms with E-state index in [1.807, 2.05) is 72.8 Å². The second-order valence-electron chi connectivity index (χ2n) is 10.0. The average molecular weight is 505 g/mol. The molecule has 0 aliphatic rings. The summed E-state index contributed by atoms with van der Waals surface area (Å²) in [4.78, 5) is 40.1. The first-order chi connectivity index (χ1) is 17.5. The lowest BCUT2D eigenvalue weighted by Gasteiger charge is -2.29. The molecular weight excluding hydrogens is 468 g/mol. The van der Waals surface area contributed by atoms with E-state index in [9.17, 15) is 14.4 Å². The van der Waals surface area contributed by atoms with Crippen molar-refractivity contribution in [3.8, 4) is 0 Å².